The number of carbonyl (C=O) groups is 1. The Morgan fingerprint density at radius 2 is 1.77 bits per heavy atom. The first-order valence-electron chi connectivity index (χ1n) is 9.09. The maximum absolute atomic E-state index is 12.8. The number of hydrogen-bond acceptors (Lipinski definition) is 5. The van der Waals surface area contributed by atoms with Crippen LogP contribution in [0.25, 0.3) is 0 Å². The minimum absolute atomic E-state index is 0.0656. The van der Waals surface area contributed by atoms with Crippen LogP contribution in [0.1, 0.15) is 13.8 Å². The number of amides is 1. The maximum Gasteiger partial charge on any atom is 0.243 e. The van der Waals surface area contributed by atoms with E-state index in [1.165, 1.54) is 4.31 Å². The van der Waals surface area contributed by atoms with Crippen molar-refractivity contribution in [1.82, 2.24) is 14.1 Å². The van der Waals surface area contributed by atoms with Crippen LogP contribution < -0.4 is 0 Å². The standard InChI is InChI=1S/C18H27N3O4S/c1-15-14-20(12-13-25-15)16(2)18(22)19-8-10-21(11-9-19)26(23,24)17-6-4-3-5-7-17/h3-7,15-16H,8-14H2,1-2H3/t15-,16+/m1/s1. The topological polar surface area (TPSA) is 70.2 Å². The first-order chi connectivity index (χ1) is 12.4. The third kappa shape index (κ3) is 4.09. The summed E-state index contributed by atoms with van der Waals surface area (Å²) in [5.41, 5.74) is 0. The van der Waals surface area contributed by atoms with Gasteiger partial charge in [0.2, 0.25) is 15.9 Å². The molecule has 2 fully saturated rings. The highest BCUT2D eigenvalue weighted by Gasteiger charge is 2.33. The molecule has 0 spiro atoms. The highest BCUT2D eigenvalue weighted by Crippen LogP contribution is 2.18. The Kier molecular flexibility index (Phi) is 5.96. The van der Waals surface area contributed by atoms with E-state index in [0.717, 1.165) is 13.1 Å². The van der Waals surface area contributed by atoms with Gasteiger partial charge in [0.05, 0.1) is 23.6 Å². The smallest absolute Gasteiger partial charge is 0.243 e. The van der Waals surface area contributed by atoms with Crippen molar-refractivity contribution < 1.29 is 17.9 Å². The summed E-state index contributed by atoms with van der Waals surface area (Å²) >= 11 is 0. The minimum Gasteiger partial charge on any atom is -0.376 e. The molecule has 0 saturated carbocycles. The van der Waals surface area contributed by atoms with E-state index in [9.17, 15) is 13.2 Å². The van der Waals surface area contributed by atoms with Crippen LogP contribution in [-0.4, -0.2) is 86.5 Å². The van der Waals surface area contributed by atoms with E-state index in [1.807, 2.05) is 13.8 Å². The molecular weight excluding hydrogens is 354 g/mol. The van der Waals surface area contributed by atoms with Crippen LogP contribution in [-0.2, 0) is 19.6 Å². The summed E-state index contributed by atoms with van der Waals surface area (Å²) in [6.07, 6.45) is 0.131. The van der Waals surface area contributed by atoms with Crippen molar-refractivity contribution >= 4 is 15.9 Å². The third-order valence-corrected chi connectivity index (χ3v) is 7.02. The lowest BCUT2D eigenvalue weighted by Gasteiger charge is -2.39. The highest BCUT2D eigenvalue weighted by atomic mass is 32.2. The van der Waals surface area contributed by atoms with Crippen LogP contribution in [0.15, 0.2) is 35.2 Å². The number of carbonyl (C=O) groups excluding carboxylic acids is 1. The van der Waals surface area contributed by atoms with Gasteiger partial charge >= 0.3 is 0 Å². The molecule has 2 heterocycles. The van der Waals surface area contributed by atoms with E-state index in [0.29, 0.717) is 37.7 Å². The van der Waals surface area contributed by atoms with E-state index in [1.54, 1.807) is 35.2 Å². The summed E-state index contributed by atoms with van der Waals surface area (Å²) in [4.78, 5) is 17.0. The Bertz CT molecular complexity index is 717. The Balaban J connectivity index is 1.59. The number of sulfonamides is 1. The molecule has 0 bridgehead atoms. The maximum atomic E-state index is 12.8. The largest absolute Gasteiger partial charge is 0.376 e. The minimum atomic E-state index is -3.49. The van der Waals surface area contributed by atoms with Crippen LogP contribution in [0.5, 0.6) is 0 Å². The molecule has 0 aliphatic carbocycles. The van der Waals surface area contributed by atoms with Crippen LogP contribution in [0.4, 0.5) is 0 Å². The molecule has 8 heteroatoms. The molecule has 2 aliphatic heterocycles. The molecule has 0 N–H and O–H groups in total. The zero-order chi connectivity index (χ0) is 18.7. The molecule has 0 unspecified atom stereocenters. The fourth-order valence-electron chi connectivity index (χ4n) is 3.51. The van der Waals surface area contributed by atoms with Crippen LogP contribution in [0.3, 0.4) is 0 Å². The van der Waals surface area contributed by atoms with Gasteiger partial charge in [-0.3, -0.25) is 9.69 Å². The van der Waals surface area contributed by atoms with Crippen molar-refractivity contribution in [2.24, 2.45) is 0 Å². The van der Waals surface area contributed by atoms with E-state index < -0.39 is 10.0 Å². The van der Waals surface area contributed by atoms with Crippen molar-refractivity contribution in [3.63, 3.8) is 0 Å². The average Bonchev–Trinajstić information content (AvgIpc) is 2.67. The molecule has 2 atom stereocenters. The molecule has 7 nitrogen and oxygen atoms in total. The molecule has 1 aromatic rings. The first kappa shape index (κ1) is 19.3. The van der Waals surface area contributed by atoms with Crippen molar-refractivity contribution in [2.75, 3.05) is 45.9 Å². The number of benzene rings is 1. The summed E-state index contributed by atoms with van der Waals surface area (Å²) in [6, 6.07) is 8.24. The first-order valence-corrected chi connectivity index (χ1v) is 10.5. The van der Waals surface area contributed by atoms with Crippen molar-refractivity contribution in [2.45, 2.75) is 30.9 Å². The summed E-state index contributed by atoms with van der Waals surface area (Å²) in [6.45, 7) is 7.58. The quantitative estimate of drug-likeness (QED) is 0.765. The lowest BCUT2D eigenvalue weighted by molar-refractivity contribution is -0.140. The second kappa shape index (κ2) is 8.04. The van der Waals surface area contributed by atoms with Crippen molar-refractivity contribution in [3.8, 4) is 0 Å². The van der Waals surface area contributed by atoms with E-state index >= 15 is 0 Å². The van der Waals surface area contributed by atoms with Crippen LogP contribution in [0.2, 0.25) is 0 Å². The molecule has 0 radical (unpaired) electrons. The van der Waals surface area contributed by atoms with E-state index in [-0.39, 0.29) is 18.1 Å². The molecular formula is C18H27N3O4S. The van der Waals surface area contributed by atoms with Crippen LogP contribution >= 0.6 is 0 Å². The summed E-state index contributed by atoms with van der Waals surface area (Å²) in [7, 11) is -3.49. The zero-order valence-electron chi connectivity index (χ0n) is 15.4. The molecule has 2 saturated heterocycles. The van der Waals surface area contributed by atoms with Crippen molar-refractivity contribution in [1.29, 1.82) is 0 Å². The molecule has 2 aliphatic rings. The second-order valence-electron chi connectivity index (χ2n) is 6.89. The van der Waals surface area contributed by atoms with Gasteiger partial charge in [-0.25, -0.2) is 8.42 Å². The number of morpholine rings is 1. The number of hydrogen-bond donors (Lipinski definition) is 0. The monoisotopic (exact) mass is 381 g/mol. The fourth-order valence-corrected chi connectivity index (χ4v) is 4.95. The van der Waals surface area contributed by atoms with Gasteiger partial charge in [0.1, 0.15) is 0 Å². The Morgan fingerprint density at radius 1 is 1.12 bits per heavy atom. The Hall–Kier alpha value is -1.48. The molecule has 1 amide bonds. The SMILES string of the molecule is C[C@@H]1CN([C@@H](C)C(=O)N2CCN(S(=O)(=O)c3ccccc3)CC2)CCO1. The molecule has 1 aromatic carbocycles. The zero-order valence-corrected chi connectivity index (χ0v) is 16.2. The van der Waals surface area contributed by atoms with Gasteiger partial charge in [-0.1, -0.05) is 18.2 Å². The van der Waals surface area contributed by atoms with Crippen LogP contribution in [0, 0.1) is 0 Å². The fraction of sp³-hybridized carbons (Fsp3) is 0.611. The lowest BCUT2D eigenvalue weighted by Crippen LogP contribution is -2.57. The van der Waals surface area contributed by atoms with Gasteiger partial charge in [-0.15, -0.1) is 0 Å². The number of nitrogens with zero attached hydrogens (tertiary/aromatic N) is 3. The van der Waals surface area contributed by atoms with Gasteiger partial charge in [0.15, 0.2) is 0 Å². The molecule has 0 aromatic heterocycles. The predicted molar refractivity (Wildman–Crippen MR) is 98.2 cm³/mol. The number of ether oxygens (including phenoxy) is 1. The van der Waals surface area contributed by atoms with Gasteiger partial charge in [-0.2, -0.15) is 4.31 Å². The Labute approximate surface area is 155 Å². The van der Waals surface area contributed by atoms with E-state index in [4.69, 9.17) is 4.74 Å². The summed E-state index contributed by atoms with van der Waals surface area (Å²) < 4.78 is 32.4. The highest BCUT2D eigenvalue weighted by molar-refractivity contribution is 7.89. The lowest BCUT2D eigenvalue weighted by atomic mass is 10.2. The van der Waals surface area contributed by atoms with Gasteiger partial charge < -0.3 is 9.64 Å². The normalized spacial score (nSPS) is 24.4. The predicted octanol–water partition coefficient (Wildman–Crippen LogP) is 0.629. The average molecular weight is 381 g/mol. The molecule has 144 valence electrons. The second-order valence-corrected chi connectivity index (χ2v) is 8.83. The third-order valence-electron chi connectivity index (χ3n) is 5.11. The van der Waals surface area contributed by atoms with Gasteiger partial charge in [-0.05, 0) is 26.0 Å². The number of piperazine rings is 1. The van der Waals surface area contributed by atoms with Crippen molar-refractivity contribution in [3.05, 3.63) is 30.3 Å². The summed E-state index contributed by atoms with van der Waals surface area (Å²) in [5.74, 6) is 0.0656. The Morgan fingerprint density at radius 3 is 2.38 bits per heavy atom. The van der Waals surface area contributed by atoms with Gasteiger partial charge in [0, 0.05) is 39.3 Å². The van der Waals surface area contributed by atoms with Gasteiger partial charge in [0.25, 0.3) is 0 Å². The number of rotatable bonds is 4. The molecule has 3 rings (SSSR count). The molecule has 26 heavy (non-hydrogen) atoms. The van der Waals surface area contributed by atoms with E-state index in [2.05, 4.69) is 4.90 Å². The summed E-state index contributed by atoms with van der Waals surface area (Å²) in [5, 5.41) is 0.